The lowest BCUT2D eigenvalue weighted by Gasteiger charge is -2.39. The number of carbonyl (C=O) groups excluding carboxylic acids is 1. The van der Waals surface area contributed by atoms with Gasteiger partial charge in [0.1, 0.15) is 0 Å². The molecule has 1 aliphatic rings. The summed E-state index contributed by atoms with van der Waals surface area (Å²) < 4.78 is 5.85. The Morgan fingerprint density at radius 2 is 1.46 bits per heavy atom. The lowest BCUT2D eigenvalue weighted by molar-refractivity contribution is 0.102. The fraction of sp³-hybridized carbons (Fsp3) is 0.267. The number of thiazole rings is 1. The van der Waals surface area contributed by atoms with Crippen LogP contribution in [-0.2, 0) is 0 Å². The fourth-order valence-electron chi connectivity index (χ4n) is 4.74. The van der Waals surface area contributed by atoms with Gasteiger partial charge in [0, 0.05) is 38.3 Å². The number of carbonyl (C=O) groups is 1. The number of piperazine rings is 1. The third-order valence-corrected chi connectivity index (χ3v) is 7.35. The summed E-state index contributed by atoms with van der Waals surface area (Å²) in [4.78, 5) is 21.8. The zero-order valence-electron chi connectivity index (χ0n) is 20.8. The molecule has 1 N–H and O–H groups in total. The van der Waals surface area contributed by atoms with Crippen molar-refractivity contribution < 1.29 is 9.53 Å². The van der Waals surface area contributed by atoms with Crippen molar-refractivity contribution >= 4 is 22.4 Å². The van der Waals surface area contributed by atoms with Crippen molar-refractivity contribution in [2.24, 2.45) is 0 Å². The number of nitrogens with zero attached hydrogens (tertiary/aromatic N) is 3. The van der Waals surface area contributed by atoms with Crippen molar-refractivity contribution in [2.75, 3.05) is 44.6 Å². The highest BCUT2D eigenvalue weighted by Gasteiger charge is 2.26. The quantitative estimate of drug-likeness (QED) is 0.282. The molecular weight excluding hydrogens is 480 g/mol. The van der Waals surface area contributed by atoms with Crippen LogP contribution < -0.4 is 10.1 Å². The molecule has 1 aromatic heterocycles. The topological polar surface area (TPSA) is 57.7 Å². The predicted octanol–water partition coefficient (Wildman–Crippen LogP) is 5.57. The second-order valence-electron chi connectivity index (χ2n) is 9.11. The van der Waals surface area contributed by atoms with Gasteiger partial charge in [-0.15, -0.1) is 11.3 Å². The lowest BCUT2D eigenvalue weighted by Crippen LogP contribution is -2.48. The molecule has 5 rings (SSSR count). The number of amides is 1. The van der Waals surface area contributed by atoms with Crippen LogP contribution in [0.1, 0.15) is 33.9 Å². The highest BCUT2D eigenvalue weighted by Crippen LogP contribution is 2.29. The molecule has 1 saturated heterocycles. The molecule has 0 aliphatic carbocycles. The number of aromatic nitrogens is 1. The van der Waals surface area contributed by atoms with E-state index in [1.165, 1.54) is 22.5 Å². The normalized spacial score (nSPS) is 14.5. The Hall–Kier alpha value is -3.52. The van der Waals surface area contributed by atoms with E-state index >= 15 is 0 Å². The summed E-state index contributed by atoms with van der Waals surface area (Å²) in [5, 5.41) is 5.22. The minimum Gasteiger partial charge on any atom is -0.477 e. The molecule has 0 bridgehead atoms. The smallest absolute Gasteiger partial charge is 0.257 e. The molecular formula is C30H32N4O2S. The maximum Gasteiger partial charge on any atom is 0.257 e. The van der Waals surface area contributed by atoms with Crippen LogP contribution in [0.3, 0.4) is 0 Å². The van der Waals surface area contributed by atoms with Crippen molar-refractivity contribution in [1.82, 2.24) is 14.8 Å². The van der Waals surface area contributed by atoms with Gasteiger partial charge in [0.15, 0.2) is 5.13 Å². The molecule has 2 heterocycles. The van der Waals surface area contributed by atoms with Crippen LogP contribution in [0.5, 0.6) is 5.88 Å². The SMILES string of the molecule is O=C(Nc1nc(OCCCN2CCN(C(c3ccccc3)c3ccccc3)CC2)cs1)c1ccccc1. The Balaban J connectivity index is 1.06. The first kappa shape index (κ1) is 25.1. The molecule has 190 valence electrons. The van der Waals surface area contributed by atoms with Crippen LogP contribution in [0.15, 0.2) is 96.4 Å². The van der Waals surface area contributed by atoms with Gasteiger partial charge in [-0.2, -0.15) is 4.98 Å². The van der Waals surface area contributed by atoms with Crippen LogP contribution in [0, 0.1) is 0 Å². The van der Waals surface area contributed by atoms with Gasteiger partial charge in [-0.25, -0.2) is 0 Å². The highest BCUT2D eigenvalue weighted by molar-refractivity contribution is 7.14. The summed E-state index contributed by atoms with van der Waals surface area (Å²) in [6, 6.07) is 31.0. The number of benzene rings is 3. The third kappa shape index (κ3) is 6.83. The highest BCUT2D eigenvalue weighted by atomic mass is 32.1. The number of ether oxygens (including phenoxy) is 1. The Kier molecular flexibility index (Phi) is 8.58. The number of anilines is 1. The summed E-state index contributed by atoms with van der Waals surface area (Å²) in [7, 11) is 0. The summed E-state index contributed by atoms with van der Waals surface area (Å²) in [5.74, 6) is 0.397. The van der Waals surface area contributed by atoms with Gasteiger partial charge in [-0.1, -0.05) is 78.9 Å². The number of rotatable bonds is 10. The maximum absolute atomic E-state index is 12.3. The lowest BCUT2D eigenvalue weighted by atomic mass is 9.96. The molecule has 0 saturated carbocycles. The summed E-state index contributed by atoms with van der Waals surface area (Å²) in [6.45, 7) is 5.76. The van der Waals surface area contributed by atoms with Crippen molar-refractivity contribution in [3.8, 4) is 5.88 Å². The van der Waals surface area contributed by atoms with Gasteiger partial charge >= 0.3 is 0 Å². The Bertz CT molecular complexity index is 1200. The van der Waals surface area contributed by atoms with E-state index in [2.05, 4.69) is 80.8 Å². The van der Waals surface area contributed by atoms with Gasteiger partial charge in [0.2, 0.25) is 5.88 Å². The molecule has 37 heavy (non-hydrogen) atoms. The first-order valence-electron chi connectivity index (χ1n) is 12.8. The van der Waals surface area contributed by atoms with E-state index < -0.39 is 0 Å². The molecule has 7 heteroatoms. The number of hydrogen-bond donors (Lipinski definition) is 1. The van der Waals surface area contributed by atoms with Crippen LogP contribution in [0.25, 0.3) is 0 Å². The standard InChI is InChI=1S/C30H32N4O2S/c35-29(26-15-8-3-9-16-26)32-30-31-27(23-37-30)36-22-10-17-33-18-20-34(21-19-33)28(24-11-4-1-5-12-24)25-13-6-2-7-14-25/h1-9,11-16,23,28H,10,17-22H2,(H,31,32,35). The van der Waals surface area contributed by atoms with Gasteiger partial charge in [0.25, 0.3) is 5.91 Å². The molecule has 0 unspecified atom stereocenters. The van der Waals surface area contributed by atoms with E-state index in [0.717, 1.165) is 39.1 Å². The van der Waals surface area contributed by atoms with Crippen molar-refractivity contribution in [2.45, 2.75) is 12.5 Å². The molecule has 4 aromatic rings. The van der Waals surface area contributed by atoms with Gasteiger partial charge in [0.05, 0.1) is 18.0 Å². The van der Waals surface area contributed by atoms with Gasteiger partial charge < -0.3 is 9.64 Å². The van der Waals surface area contributed by atoms with E-state index in [1.54, 1.807) is 12.1 Å². The average molecular weight is 513 g/mol. The second kappa shape index (κ2) is 12.6. The number of hydrogen-bond acceptors (Lipinski definition) is 6. The Morgan fingerprint density at radius 1 is 0.865 bits per heavy atom. The molecule has 0 radical (unpaired) electrons. The van der Waals surface area contributed by atoms with Gasteiger partial charge in [-0.05, 0) is 29.7 Å². The van der Waals surface area contributed by atoms with E-state index in [4.69, 9.17) is 4.74 Å². The van der Waals surface area contributed by atoms with Crippen molar-refractivity contribution in [3.05, 3.63) is 113 Å². The average Bonchev–Trinajstić information content (AvgIpc) is 3.41. The van der Waals surface area contributed by atoms with E-state index in [9.17, 15) is 4.79 Å². The second-order valence-corrected chi connectivity index (χ2v) is 9.97. The maximum atomic E-state index is 12.3. The summed E-state index contributed by atoms with van der Waals surface area (Å²) in [6.07, 6.45) is 0.935. The molecule has 6 nitrogen and oxygen atoms in total. The Labute approximate surface area is 222 Å². The molecule has 0 spiro atoms. The monoisotopic (exact) mass is 512 g/mol. The van der Waals surface area contributed by atoms with Crippen molar-refractivity contribution in [1.29, 1.82) is 0 Å². The molecule has 1 amide bonds. The zero-order valence-corrected chi connectivity index (χ0v) is 21.6. The fourth-order valence-corrected chi connectivity index (χ4v) is 5.36. The minimum atomic E-state index is -0.164. The summed E-state index contributed by atoms with van der Waals surface area (Å²) >= 11 is 1.37. The van der Waals surface area contributed by atoms with Crippen LogP contribution in [0.4, 0.5) is 5.13 Å². The minimum absolute atomic E-state index is 0.164. The molecule has 3 aromatic carbocycles. The Morgan fingerprint density at radius 3 is 2.08 bits per heavy atom. The number of nitrogens with one attached hydrogen (secondary N) is 1. The van der Waals surface area contributed by atoms with Crippen molar-refractivity contribution in [3.63, 3.8) is 0 Å². The van der Waals surface area contributed by atoms with E-state index in [0.29, 0.717) is 23.2 Å². The molecule has 1 fully saturated rings. The van der Waals surface area contributed by atoms with Gasteiger partial charge in [-0.3, -0.25) is 15.0 Å². The summed E-state index contributed by atoms with van der Waals surface area (Å²) in [5.41, 5.74) is 3.30. The van der Waals surface area contributed by atoms with Crippen LogP contribution in [0.2, 0.25) is 0 Å². The predicted molar refractivity (Wildman–Crippen MR) is 149 cm³/mol. The van der Waals surface area contributed by atoms with Crippen LogP contribution >= 0.6 is 11.3 Å². The van der Waals surface area contributed by atoms with Crippen LogP contribution in [-0.4, -0.2) is 60.0 Å². The first-order chi connectivity index (χ1) is 18.3. The van der Waals surface area contributed by atoms with E-state index in [-0.39, 0.29) is 11.9 Å². The van der Waals surface area contributed by atoms with E-state index in [1.807, 2.05) is 23.6 Å². The zero-order chi connectivity index (χ0) is 25.3. The molecule has 0 atom stereocenters. The third-order valence-electron chi connectivity index (χ3n) is 6.61. The first-order valence-corrected chi connectivity index (χ1v) is 13.7. The molecule has 1 aliphatic heterocycles. The largest absolute Gasteiger partial charge is 0.477 e.